The molecule has 0 aliphatic rings. The molecule has 0 saturated heterocycles. The second-order valence-corrected chi connectivity index (χ2v) is 3.24. The van der Waals surface area contributed by atoms with E-state index in [1.807, 2.05) is 30.3 Å². The zero-order valence-corrected chi connectivity index (χ0v) is 8.47. The molecule has 1 aromatic heterocycles. The second-order valence-electron chi connectivity index (χ2n) is 3.24. The summed E-state index contributed by atoms with van der Waals surface area (Å²) >= 11 is 0. The number of nitrogens with zero attached hydrogens (tertiary/aromatic N) is 1. The third kappa shape index (κ3) is 2.07. The maximum Gasteiger partial charge on any atom is 0.118 e. The summed E-state index contributed by atoms with van der Waals surface area (Å²) in [5, 5.41) is 0. The molecule has 0 aliphatic carbocycles. The minimum Gasteiger partial charge on any atom is -0.497 e. The number of methoxy groups -OCH3 is 1. The Hall–Kier alpha value is -2.03. The molecule has 2 aromatic rings. The first kappa shape index (κ1) is 9.52. The molecule has 15 heavy (non-hydrogen) atoms. The number of nitrogens with two attached hydrogens (primary N) is 1. The molecule has 0 fully saturated rings. The van der Waals surface area contributed by atoms with Crippen LogP contribution in [-0.4, -0.2) is 12.1 Å². The van der Waals surface area contributed by atoms with Gasteiger partial charge in [-0.3, -0.25) is 4.98 Å². The predicted molar refractivity (Wildman–Crippen MR) is 60.6 cm³/mol. The van der Waals surface area contributed by atoms with E-state index in [4.69, 9.17) is 10.5 Å². The highest BCUT2D eigenvalue weighted by molar-refractivity contribution is 5.66. The fourth-order valence-electron chi connectivity index (χ4n) is 1.40. The molecular weight excluding hydrogens is 188 g/mol. The van der Waals surface area contributed by atoms with Crippen molar-refractivity contribution in [2.75, 3.05) is 12.8 Å². The van der Waals surface area contributed by atoms with Crippen LogP contribution in [0.1, 0.15) is 0 Å². The van der Waals surface area contributed by atoms with Gasteiger partial charge in [0.15, 0.2) is 0 Å². The van der Waals surface area contributed by atoms with E-state index in [-0.39, 0.29) is 0 Å². The van der Waals surface area contributed by atoms with Crippen molar-refractivity contribution in [1.29, 1.82) is 0 Å². The van der Waals surface area contributed by atoms with E-state index >= 15 is 0 Å². The smallest absolute Gasteiger partial charge is 0.118 e. The van der Waals surface area contributed by atoms with Crippen LogP contribution in [-0.2, 0) is 0 Å². The molecule has 2 N–H and O–H groups in total. The lowest BCUT2D eigenvalue weighted by Crippen LogP contribution is -1.88. The van der Waals surface area contributed by atoms with Gasteiger partial charge in [-0.2, -0.15) is 0 Å². The van der Waals surface area contributed by atoms with Crippen molar-refractivity contribution < 1.29 is 4.74 Å². The van der Waals surface area contributed by atoms with Crippen LogP contribution < -0.4 is 10.5 Å². The van der Waals surface area contributed by atoms with E-state index in [9.17, 15) is 0 Å². The number of anilines is 1. The molecule has 1 aromatic carbocycles. The topological polar surface area (TPSA) is 48.1 Å². The molecule has 0 saturated carbocycles. The fourth-order valence-corrected chi connectivity index (χ4v) is 1.40. The van der Waals surface area contributed by atoms with Crippen LogP contribution in [0.15, 0.2) is 42.7 Å². The Balaban J connectivity index is 2.37. The Kier molecular flexibility index (Phi) is 2.54. The molecule has 0 spiro atoms. The number of hydrogen-bond acceptors (Lipinski definition) is 3. The highest BCUT2D eigenvalue weighted by Gasteiger charge is 1.98. The predicted octanol–water partition coefficient (Wildman–Crippen LogP) is 2.34. The summed E-state index contributed by atoms with van der Waals surface area (Å²) in [6.07, 6.45) is 3.42. The molecule has 3 heteroatoms. The van der Waals surface area contributed by atoms with Gasteiger partial charge in [0.25, 0.3) is 0 Å². The van der Waals surface area contributed by atoms with E-state index in [1.54, 1.807) is 19.5 Å². The van der Waals surface area contributed by atoms with Crippen LogP contribution in [0.4, 0.5) is 5.69 Å². The van der Waals surface area contributed by atoms with E-state index in [1.165, 1.54) is 0 Å². The number of pyridine rings is 1. The SMILES string of the molecule is COc1ccc(-c2cncc(N)c2)cc1. The first-order valence-electron chi connectivity index (χ1n) is 4.64. The fraction of sp³-hybridized carbons (Fsp3) is 0.0833. The first-order chi connectivity index (χ1) is 7.29. The van der Waals surface area contributed by atoms with Gasteiger partial charge >= 0.3 is 0 Å². The summed E-state index contributed by atoms with van der Waals surface area (Å²) in [4.78, 5) is 4.05. The van der Waals surface area contributed by atoms with E-state index in [2.05, 4.69) is 4.98 Å². The molecule has 3 nitrogen and oxygen atoms in total. The second kappa shape index (κ2) is 4.00. The van der Waals surface area contributed by atoms with Crippen LogP contribution >= 0.6 is 0 Å². The Bertz CT molecular complexity index is 451. The van der Waals surface area contributed by atoms with E-state index in [0.29, 0.717) is 5.69 Å². The highest BCUT2D eigenvalue weighted by atomic mass is 16.5. The lowest BCUT2D eigenvalue weighted by Gasteiger charge is -2.03. The van der Waals surface area contributed by atoms with Gasteiger partial charge in [-0.05, 0) is 23.8 Å². The Morgan fingerprint density at radius 2 is 1.80 bits per heavy atom. The molecule has 0 radical (unpaired) electrons. The molecule has 0 amide bonds. The zero-order valence-electron chi connectivity index (χ0n) is 8.47. The van der Waals surface area contributed by atoms with Crippen LogP contribution in [0.5, 0.6) is 5.75 Å². The number of ether oxygens (including phenoxy) is 1. The monoisotopic (exact) mass is 200 g/mol. The third-order valence-corrected chi connectivity index (χ3v) is 2.18. The molecule has 1 heterocycles. The molecule has 0 atom stereocenters. The lowest BCUT2D eigenvalue weighted by atomic mass is 10.1. The van der Waals surface area contributed by atoms with Gasteiger partial charge in [0.1, 0.15) is 5.75 Å². The first-order valence-corrected chi connectivity index (χ1v) is 4.64. The number of benzene rings is 1. The maximum absolute atomic E-state index is 5.66. The van der Waals surface area contributed by atoms with Gasteiger partial charge in [0, 0.05) is 18.0 Å². The van der Waals surface area contributed by atoms with Crippen LogP contribution in [0.3, 0.4) is 0 Å². The molecule has 0 bridgehead atoms. The van der Waals surface area contributed by atoms with E-state index < -0.39 is 0 Å². The van der Waals surface area contributed by atoms with Gasteiger partial charge in [-0.25, -0.2) is 0 Å². The van der Waals surface area contributed by atoms with Crippen molar-refractivity contribution in [3.05, 3.63) is 42.7 Å². The number of nitrogen functional groups attached to an aromatic ring is 1. The van der Waals surface area contributed by atoms with Crippen LogP contribution in [0.2, 0.25) is 0 Å². The maximum atomic E-state index is 5.66. The number of rotatable bonds is 2. The van der Waals surface area contributed by atoms with Gasteiger partial charge in [-0.15, -0.1) is 0 Å². The highest BCUT2D eigenvalue weighted by Crippen LogP contribution is 2.22. The average Bonchev–Trinajstić information content (AvgIpc) is 2.29. The quantitative estimate of drug-likeness (QED) is 0.809. The largest absolute Gasteiger partial charge is 0.497 e. The molecule has 76 valence electrons. The molecule has 0 unspecified atom stereocenters. The van der Waals surface area contributed by atoms with Crippen LogP contribution in [0.25, 0.3) is 11.1 Å². The summed E-state index contributed by atoms with van der Waals surface area (Å²) < 4.78 is 5.09. The Morgan fingerprint density at radius 3 is 2.40 bits per heavy atom. The third-order valence-electron chi connectivity index (χ3n) is 2.18. The van der Waals surface area contributed by atoms with Crippen molar-refractivity contribution in [2.45, 2.75) is 0 Å². The average molecular weight is 200 g/mol. The number of hydrogen-bond donors (Lipinski definition) is 1. The minimum absolute atomic E-state index is 0.670. The van der Waals surface area contributed by atoms with Gasteiger partial charge in [-0.1, -0.05) is 12.1 Å². The summed E-state index contributed by atoms with van der Waals surface area (Å²) in [6.45, 7) is 0. The van der Waals surface area contributed by atoms with Gasteiger partial charge in [0.2, 0.25) is 0 Å². The standard InChI is InChI=1S/C12H12N2O/c1-15-12-4-2-9(3-5-12)10-6-11(13)8-14-7-10/h2-8H,13H2,1H3. The summed E-state index contributed by atoms with van der Waals surface area (Å²) in [5.74, 6) is 0.843. The minimum atomic E-state index is 0.670. The van der Waals surface area contributed by atoms with Crippen molar-refractivity contribution in [3.63, 3.8) is 0 Å². The Labute approximate surface area is 88.5 Å². The molecule has 0 aliphatic heterocycles. The van der Waals surface area contributed by atoms with Crippen LogP contribution in [0, 0.1) is 0 Å². The zero-order chi connectivity index (χ0) is 10.7. The van der Waals surface area contributed by atoms with Crippen molar-refractivity contribution in [1.82, 2.24) is 4.98 Å². The summed E-state index contributed by atoms with van der Waals surface area (Å²) in [6, 6.07) is 9.69. The van der Waals surface area contributed by atoms with Gasteiger partial charge in [0.05, 0.1) is 12.8 Å². The summed E-state index contributed by atoms with van der Waals surface area (Å²) in [7, 11) is 1.65. The van der Waals surface area contributed by atoms with Crippen molar-refractivity contribution in [2.24, 2.45) is 0 Å². The van der Waals surface area contributed by atoms with Crippen molar-refractivity contribution >= 4 is 5.69 Å². The number of aromatic nitrogens is 1. The van der Waals surface area contributed by atoms with Gasteiger partial charge < -0.3 is 10.5 Å². The molecular formula is C12H12N2O. The van der Waals surface area contributed by atoms with Crippen molar-refractivity contribution in [3.8, 4) is 16.9 Å². The Morgan fingerprint density at radius 1 is 1.07 bits per heavy atom. The molecule has 2 rings (SSSR count). The summed E-state index contributed by atoms with van der Waals surface area (Å²) in [5.41, 5.74) is 8.43. The normalized spacial score (nSPS) is 9.93. The van der Waals surface area contributed by atoms with E-state index in [0.717, 1.165) is 16.9 Å². The lowest BCUT2D eigenvalue weighted by molar-refractivity contribution is 0.415.